The number of hydrogen-bond donors (Lipinski definition) is 3. The molecule has 0 fully saturated rings. The molecule has 0 aromatic rings. The first-order valence-corrected chi connectivity index (χ1v) is 37.2. The summed E-state index contributed by atoms with van der Waals surface area (Å²) in [7, 11) is -9.89. The van der Waals surface area contributed by atoms with Crippen molar-refractivity contribution in [3.05, 3.63) is 0 Å². The lowest BCUT2D eigenvalue weighted by molar-refractivity contribution is -0.161. The van der Waals surface area contributed by atoms with Gasteiger partial charge in [0.15, 0.2) is 12.2 Å². The summed E-state index contributed by atoms with van der Waals surface area (Å²) in [5.74, 6) is 0.744. The molecule has 0 aliphatic carbocycles. The maximum Gasteiger partial charge on any atom is 0.472 e. The molecule has 0 bridgehead atoms. The number of esters is 4. The number of carbonyl (C=O) groups excluding carboxylic acids is 4. The Labute approximate surface area is 517 Å². The second kappa shape index (κ2) is 56.1. The van der Waals surface area contributed by atoms with Crippen LogP contribution in [-0.4, -0.2) is 96.7 Å². The van der Waals surface area contributed by atoms with Crippen LogP contribution in [0.3, 0.4) is 0 Å². The second-order valence-corrected chi connectivity index (χ2v) is 28.7. The fourth-order valence-corrected chi connectivity index (χ4v) is 11.4. The maximum absolute atomic E-state index is 13.0. The quantitative estimate of drug-likeness (QED) is 0.0222. The summed E-state index contributed by atoms with van der Waals surface area (Å²) >= 11 is 0. The van der Waals surface area contributed by atoms with E-state index in [2.05, 4.69) is 55.4 Å². The highest BCUT2D eigenvalue weighted by molar-refractivity contribution is 7.47. The predicted molar refractivity (Wildman–Crippen MR) is 340 cm³/mol. The van der Waals surface area contributed by atoms with Gasteiger partial charge in [0, 0.05) is 25.7 Å². The molecule has 0 aliphatic heterocycles. The lowest BCUT2D eigenvalue weighted by Crippen LogP contribution is -2.30. The summed E-state index contributed by atoms with van der Waals surface area (Å²) in [6.45, 7) is 13.9. The number of carbonyl (C=O) groups is 4. The van der Waals surface area contributed by atoms with Gasteiger partial charge in [-0.05, 0) is 49.4 Å². The van der Waals surface area contributed by atoms with E-state index in [0.717, 1.165) is 108 Å². The van der Waals surface area contributed by atoms with E-state index in [4.69, 9.17) is 37.0 Å². The third kappa shape index (κ3) is 60.7. The van der Waals surface area contributed by atoms with Gasteiger partial charge in [-0.25, -0.2) is 9.13 Å². The molecule has 85 heavy (non-hydrogen) atoms. The van der Waals surface area contributed by atoms with Crippen LogP contribution in [0.25, 0.3) is 0 Å². The topological polar surface area (TPSA) is 237 Å². The highest BCUT2D eigenvalue weighted by atomic mass is 31.2. The molecule has 0 radical (unpaired) electrons. The van der Waals surface area contributed by atoms with Crippen LogP contribution in [0.15, 0.2) is 0 Å². The SMILES string of the molecule is CC(C)CCCCCCCCCCCCCC(=O)O[C@H](COC(=O)CCCCCCCCCCCC(C)C)COP(=O)(O)OCC(O)COP(=O)(O)OC[C@@H](COC(=O)CCCCCCCCCC(C)C)OC(=O)CCCCCCCCC(C)C. The van der Waals surface area contributed by atoms with Crippen molar-refractivity contribution in [1.29, 1.82) is 0 Å². The standard InChI is InChI=1S/C66H128O17P2/c1-56(2)42-34-26-18-13-10-9-11-15-22-32-40-48-65(70)82-61(52-76-63(68)46-38-30-21-16-12-14-19-27-35-43-57(3)4)54-80-84(72,73)78-50-60(67)51-79-85(74,75)81-55-62(83-66(71)49-41-33-25-24-29-37-45-59(7)8)53-77-64(69)47-39-31-23-17-20-28-36-44-58(5)6/h56-62,67H,9-55H2,1-8H3,(H,72,73)(H,74,75)/t60?,61-,62-/m1/s1. The van der Waals surface area contributed by atoms with Gasteiger partial charge in [0.1, 0.15) is 19.3 Å². The summed E-state index contributed by atoms with van der Waals surface area (Å²) in [6.07, 6.45) is 36.4. The highest BCUT2D eigenvalue weighted by Gasteiger charge is 2.30. The largest absolute Gasteiger partial charge is 0.472 e. The molecule has 0 heterocycles. The molecule has 0 amide bonds. The van der Waals surface area contributed by atoms with E-state index in [9.17, 15) is 43.2 Å². The van der Waals surface area contributed by atoms with E-state index < -0.39 is 97.5 Å². The minimum atomic E-state index is -4.95. The maximum atomic E-state index is 13.0. The number of aliphatic hydroxyl groups is 1. The van der Waals surface area contributed by atoms with Gasteiger partial charge < -0.3 is 33.8 Å². The molecule has 0 saturated carbocycles. The number of ether oxygens (including phenoxy) is 4. The van der Waals surface area contributed by atoms with Crippen LogP contribution in [0.4, 0.5) is 0 Å². The van der Waals surface area contributed by atoms with Gasteiger partial charge in [0.25, 0.3) is 0 Å². The van der Waals surface area contributed by atoms with Crippen molar-refractivity contribution in [1.82, 2.24) is 0 Å². The van der Waals surface area contributed by atoms with E-state index in [1.165, 1.54) is 116 Å². The van der Waals surface area contributed by atoms with Gasteiger partial charge >= 0.3 is 39.5 Å². The molecule has 3 unspecified atom stereocenters. The Hall–Kier alpha value is -1.94. The first-order chi connectivity index (χ1) is 40.6. The van der Waals surface area contributed by atoms with Gasteiger partial charge in [-0.2, -0.15) is 0 Å². The van der Waals surface area contributed by atoms with Crippen LogP contribution in [0.5, 0.6) is 0 Å². The Balaban J connectivity index is 5.24. The van der Waals surface area contributed by atoms with E-state index in [1.54, 1.807) is 0 Å². The fraction of sp³-hybridized carbons (Fsp3) is 0.939. The van der Waals surface area contributed by atoms with Crippen LogP contribution in [0.2, 0.25) is 0 Å². The average Bonchev–Trinajstić information content (AvgIpc) is 3.50. The van der Waals surface area contributed by atoms with Crippen LogP contribution in [-0.2, 0) is 65.4 Å². The Morgan fingerprint density at radius 3 is 0.729 bits per heavy atom. The monoisotopic (exact) mass is 1250 g/mol. The number of hydrogen-bond acceptors (Lipinski definition) is 15. The Kier molecular flexibility index (Phi) is 54.8. The summed E-state index contributed by atoms with van der Waals surface area (Å²) in [5.41, 5.74) is 0. The summed E-state index contributed by atoms with van der Waals surface area (Å²) in [6, 6.07) is 0. The van der Waals surface area contributed by atoms with Crippen molar-refractivity contribution in [3.63, 3.8) is 0 Å². The van der Waals surface area contributed by atoms with Gasteiger partial charge in [0.05, 0.1) is 26.4 Å². The van der Waals surface area contributed by atoms with Gasteiger partial charge in [-0.3, -0.25) is 37.3 Å². The van der Waals surface area contributed by atoms with Crippen LogP contribution >= 0.6 is 15.6 Å². The van der Waals surface area contributed by atoms with Crippen LogP contribution < -0.4 is 0 Å². The van der Waals surface area contributed by atoms with Gasteiger partial charge in [-0.15, -0.1) is 0 Å². The normalized spacial score (nSPS) is 14.4. The Morgan fingerprint density at radius 2 is 0.494 bits per heavy atom. The summed E-state index contributed by atoms with van der Waals surface area (Å²) < 4.78 is 68.0. The molecule has 0 rings (SSSR count). The zero-order valence-corrected chi connectivity index (χ0v) is 57.0. The predicted octanol–water partition coefficient (Wildman–Crippen LogP) is 18.1. The zero-order chi connectivity index (χ0) is 63.2. The highest BCUT2D eigenvalue weighted by Crippen LogP contribution is 2.45. The minimum Gasteiger partial charge on any atom is -0.462 e. The van der Waals surface area contributed by atoms with E-state index in [-0.39, 0.29) is 25.7 Å². The molecule has 3 N–H and O–H groups in total. The number of phosphoric ester groups is 2. The lowest BCUT2D eigenvalue weighted by atomic mass is 10.0. The molecule has 0 aliphatic rings. The molecule has 0 aromatic carbocycles. The number of phosphoric acid groups is 2. The van der Waals surface area contributed by atoms with Crippen molar-refractivity contribution in [3.8, 4) is 0 Å². The van der Waals surface area contributed by atoms with Crippen molar-refractivity contribution in [2.45, 2.75) is 337 Å². The molecule has 5 atom stereocenters. The number of rotatable bonds is 63. The smallest absolute Gasteiger partial charge is 0.462 e. The van der Waals surface area contributed by atoms with Crippen molar-refractivity contribution in [2.24, 2.45) is 23.7 Å². The molecule has 0 spiro atoms. The molecule has 0 aromatic heterocycles. The average molecular weight is 1260 g/mol. The molecule has 0 saturated heterocycles. The van der Waals surface area contributed by atoms with Crippen molar-refractivity contribution >= 4 is 39.5 Å². The molecule has 17 nitrogen and oxygen atoms in total. The van der Waals surface area contributed by atoms with E-state index in [0.29, 0.717) is 37.5 Å². The molecular weight excluding hydrogens is 1130 g/mol. The third-order valence-corrected chi connectivity index (χ3v) is 17.0. The Morgan fingerprint density at radius 1 is 0.294 bits per heavy atom. The third-order valence-electron chi connectivity index (χ3n) is 15.1. The lowest BCUT2D eigenvalue weighted by Gasteiger charge is -2.21. The summed E-state index contributed by atoms with van der Waals surface area (Å²) in [5, 5.41) is 10.5. The Bertz CT molecular complexity index is 1700. The van der Waals surface area contributed by atoms with Gasteiger partial charge in [0.2, 0.25) is 0 Å². The van der Waals surface area contributed by atoms with E-state index in [1.807, 2.05) is 0 Å². The molecule has 19 heteroatoms. The second-order valence-electron chi connectivity index (χ2n) is 25.8. The summed E-state index contributed by atoms with van der Waals surface area (Å²) in [4.78, 5) is 72.3. The van der Waals surface area contributed by atoms with E-state index >= 15 is 0 Å². The van der Waals surface area contributed by atoms with Crippen LogP contribution in [0.1, 0.15) is 319 Å². The molecule has 504 valence electrons. The van der Waals surface area contributed by atoms with Crippen molar-refractivity contribution < 1.29 is 80.2 Å². The van der Waals surface area contributed by atoms with Gasteiger partial charge in [-0.1, -0.05) is 267 Å². The van der Waals surface area contributed by atoms with Crippen LogP contribution in [0, 0.1) is 23.7 Å². The fourth-order valence-electron chi connectivity index (χ4n) is 9.78. The number of unbranched alkanes of at least 4 members (excludes halogenated alkanes) is 29. The minimum absolute atomic E-state index is 0.101. The first kappa shape index (κ1) is 83.1. The first-order valence-electron chi connectivity index (χ1n) is 34.2. The molecular formula is C66H128O17P2. The number of aliphatic hydroxyl groups excluding tert-OH is 1. The van der Waals surface area contributed by atoms with Crippen molar-refractivity contribution in [2.75, 3.05) is 39.6 Å². The zero-order valence-electron chi connectivity index (χ0n) is 55.2.